The van der Waals surface area contributed by atoms with Gasteiger partial charge in [-0.25, -0.2) is 13.1 Å². The number of aryl methyl sites for hydroxylation is 1. The first-order chi connectivity index (χ1) is 13.3. The number of aromatic nitrogens is 1. The van der Waals surface area contributed by atoms with E-state index in [4.69, 9.17) is 16.3 Å². The first-order valence-corrected chi connectivity index (χ1v) is 10.9. The highest BCUT2D eigenvalue weighted by Gasteiger charge is 2.23. The summed E-state index contributed by atoms with van der Waals surface area (Å²) in [5.74, 6) is -0.369. The highest BCUT2D eigenvalue weighted by Crippen LogP contribution is 2.23. The van der Waals surface area contributed by atoms with Crippen LogP contribution in [0.15, 0.2) is 35.2 Å². The van der Waals surface area contributed by atoms with E-state index in [1.165, 1.54) is 18.2 Å². The zero-order valence-corrected chi connectivity index (χ0v) is 17.4. The van der Waals surface area contributed by atoms with E-state index in [1.807, 2.05) is 30.7 Å². The molecule has 2 aromatic rings. The summed E-state index contributed by atoms with van der Waals surface area (Å²) in [7, 11) is -1.93. The molecule has 1 unspecified atom stereocenters. The van der Waals surface area contributed by atoms with Crippen LogP contribution in [0.2, 0.25) is 5.02 Å². The van der Waals surface area contributed by atoms with Crippen molar-refractivity contribution in [1.82, 2.24) is 14.6 Å². The number of hydrogen-bond donors (Lipinski definition) is 2. The number of nitrogens with one attached hydrogen (secondary N) is 2. The number of amides is 1. The normalized spacial score (nSPS) is 17.0. The van der Waals surface area contributed by atoms with E-state index in [0.29, 0.717) is 13.2 Å². The van der Waals surface area contributed by atoms with Gasteiger partial charge in [-0.1, -0.05) is 11.6 Å². The monoisotopic (exact) mass is 425 g/mol. The molecular formula is C19H24ClN3O4S. The summed E-state index contributed by atoms with van der Waals surface area (Å²) in [5, 5.41) is 2.87. The molecule has 0 radical (unpaired) electrons. The lowest BCUT2D eigenvalue weighted by molar-refractivity contribution is 0.0950. The molecule has 3 rings (SSSR count). The first kappa shape index (κ1) is 20.9. The Labute approximate surface area is 170 Å². The summed E-state index contributed by atoms with van der Waals surface area (Å²) in [6, 6.07) is 8.12. The number of benzene rings is 1. The molecule has 0 spiro atoms. The fourth-order valence-corrected chi connectivity index (χ4v) is 4.64. The van der Waals surface area contributed by atoms with Gasteiger partial charge in [0.05, 0.1) is 17.7 Å². The molecule has 1 atom stereocenters. The largest absolute Gasteiger partial charge is 0.377 e. The Bertz CT molecular complexity index is 966. The van der Waals surface area contributed by atoms with Crippen molar-refractivity contribution >= 4 is 27.5 Å². The van der Waals surface area contributed by atoms with E-state index in [0.717, 1.165) is 24.2 Å². The van der Waals surface area contributed by atoms with Crippen molar-refractivity contribution in [3.8, 4) is 0 Å². The molecule has 1 aromatic carbocycles. The van der Waals surface area contributed by atoms with Gasteiger partial charge in [0.1, 0.15) is 4.90 Å². The molecule has 2 N–H and O–H groups in total. The van der Waals surface area contributed by atoms with E-state index in [-0.39, 0.29) is 34.0 Å². The fraction of sp³-hybridized carbons (Fsp3) is 0.421. The Morgan fingerprint density at radius 2 is 2.11 bits per heavy atom. The van der Waals surface area contributed by atoms with E-state index < -0.39 is 10.0 Å². The number of carbonyl (C=O) groups excluding carboxylic acids is 1. The maximum absolute atomic E-state index is 12.6. The zero-order valence-electron chi connectivity index (χ0n) is 15.9. The summed E-state index contributed by atoms with van der Waals surface area (Å²) < 4.78 is 35.2. The third-order valence-corrected chi connectivity index (χ3v) is 6.82. The molecule has 0 aliphatic carbocycles. The number of carbonyl (C=O) groups is 1. The summed E-state index contributed by atoms with van der Waals surface area (Å²) in [5.41, 5.74) is 2.26. The van der Waals surface area contributed by atoms with Crippen LogP contribution in [0.3, 0.4) is 0 Å². The van der Waals surface area contributed by atoms with Crippen LogP contribution in [0.25, 0.3) is 0 Å². The fourth-order valence-electron chi connectivity index (χ4n) is 3.05. The predicted molar refractivity (Wildman–Crippen MR) is 107 cm³/mol. The van der Waals surface area contributed by atoms with Crippen LogP contribution in [-0.4, -0.2) is 38.1 Å². The number of nitrogens with zero attached hydrogens (tertiary/aromatic N) is 1. The average Bonchev–Trinajstić information content (AvgIpc) is 3.29. The first-order valence-electron chi connectivity index (χ1n) is 9.08. The molecule has 1 amide bonds. The second kappa shape index (κ2) is 8.65. The Morgan fingerprint density at radius 1 is 1.32 bits per heavy atom. The second-order valence-electron chi connectivity index (χ2n) is 6.84. The molecule has 0 saturated carbocycles. The highest BCUT2D eigenvalue weighted by atomic mass is 35.5. The van der Waals surface area contributed by atoms with Gasteiger partial charge in [-0.2, -0.15) is 0 Å². The van der Waals surface area contributed by atoms with Gasteiger partial charge in [0.15, 0.2) is 0 Å². The van der Waals surface area contributed by atoms with Crippen molar-refractivity contribution in [3.63, 3.8) is 0 Å². The van der Waals surface area contributed by atoms with E-state index in [1.54, 1.807) is 0 Å². The van der Waals surface area contributed by atoms with Crippen molar-refractivity contribution in [3.05, 3.63) is 52.3 Å². The second-order valence-corrected chi connectivity index (χ2v) is 8.98. The molecule has 1 fully saturated rings. The third-order valence-electron chi connectivity index (χ3n) is 4.91. The summed E-state index contributed by atoms with van der Waals surface area (Å²) in [4.78, 5) is 12.4. The van der Waals surface area contributed by atoms with Gasteiger partial charge in [0.2, 0.25) is 10.0 Å². The van der Waals surface area contributed by atoms with Crippen LogP contribution in [0, 0.1) is 6.92 Å². The van der Waals surface area contributed by atoms with Crippen molar-refractivity contribution in [2.75, 3.05) is 13.2 Å². The van der Waals surface area contributed by atoms with Gasteiger partial charge < -0.3 is 14.6 Å². The van der Waals surface area contributed by atoms with Crippen LogP contribution in [0.5, 0.6) is 0 Å². The Morgan fingerprint density at radius 3 is 2.75 bits per heavy atom. The summed E-state index contributed by atoms with van der Waals surface area (Å²) in [6.45, 7) is 3.14. The number of halogens is 1. The van der Waals surface area contributed by atoms with Crippen LogP contribution in [-0.2, 0) is 28.4 Å². The molecule has 0 bridgehead atoms. The lowest BCUT2D eigenvalue weighted by Gasteiger charge is -2.13. The van der Waals surface area contributed by atoms with Gasteiger partial charge in [-0.3, -0.25) is 4.79 Å². The van der Waals surface area contributed by atoms with E-state index in [2.05, 4.69) is 10.0 Å². The summed E-state index contributed by atoms with van der Waals surface area (Å²) in [6.07, 6.45) is 1.61. The average molecular weight is 426 g/mol. The topological polar surface area (TPSA) is 89.4 Å². The van der Waals surface area contributed by atoms with Gasteiger partial charge in [-0.05, 0) is 50.1 Å². The van der Waals surface area contributed by atoms with Crippen LogP contribution >= 0.6 is 11.6 Å². The highest BCUT2D eigenvalue weighted by molar-refractivity contribution is 7.89. The predicted octanol–water partition coefficient (Wildman–Crippen LogP) is 2.37. The molecule has 28 heavy (non-hydrogen) atoms. The molecule has 2 heterocycles. The van der Waals surface area contributed by atoms with Gasteiger partial charge in [0.25, 0.3) is 5.91 Å². The van der Waals surface area contributed by atoms with Gasteiger partial charge in [-0.15, -0.1) is 0 Å². The molecule has 1 aromatic heterocycles. The Hall–Kier alpha value is -1.87. The van der Waals surface area contributed by atoms with Gasteiger partial charge in [0, 0.05) is 37.2 Å². The standard InChI is InChI=1S/C19H24ClN3O4S/c1-13-5-7-15(23(13)2)11-21-19(24)14-6-8-17(20)18(10-14)28(25,26)22-12-16-4-3-9-27-16/h5-8,10,16,22H,3-4,9,11-12H2,1-2H3,(H,21,24). The third kappa shape index (κ3) is 4.75. The molecule has 1 saturated heterocycles. The lowest BCUT2D eigenvalue weighted by atomic mass is 10.2. The Balaban J connectivity index is 1.70. The van der Waals surface area contributed by atoms with E-state index in [9.17, 15) is 13.2 Å². The number of ether oxygens (including phenoxy) is 1. The molecule has 1 aliphatic rings. The number of rotatable bonds is 7. The number of sulfonamides is 1. The minimum Gasteiger partial charge on any atom is -0.377 e. The van der Waals surface area contributed by atoms with Crippen LogP contribution < -0.4 is 10.0 Å². The van der Waals surface area contributed by atoms with Crippen molar-refractivity contribution in [1.29, 1.82) is 0 Å². The van der Waals surface area contributed by atoms with Crippen LogP contribution in [0.4, 0.5) is 0 Å². The molecule has 7 nitrogen and oxygen atoms in total. The van der Waals surface area contributed by atoms with Crippen molar-refractivity contribution < 1.29 is 17.9 Å². The van der Waals surface area contributed by atoms with Crippen LogP contribution in [0.1, 0.15) is 34.6 Å². The molecule has 152 valence electrons. The quantitative estimate of drug-likeness (QED) is 0.712. The molecule has 1 aliphatic heterocycles. The summed E-state index contributed by atoms with van der Waals surface area (Å²) >= 11 is 6.09. The van der Waals surface area contributed by atoms with Gasteiger partial charge >= 0.3 is 0 Å². The SMILES string of the molecule is Cc1ccc(CNC(=O)c2ccc(Cl)c(S(=O)(=O)NCC3CCCO3)c2)n1C. The maximum atomic E-state index is 12.6. The minimum absolute atomic E-state index is 0.0643. The van der Waals surface area contributed by atoms with E-state index >= 15 is 0 Å². The maximum Gasteiger partial charge on any atom is 0.251 e. The molecular weight excluding hydrogens is 402 g/mol. The molecule has 9 heteroatoms. The minimum atomic E-state index is -3.85. The van der Waals surface area contributed by atoms with Crippen molar-refractivity contribution in [2.45, 2.75) is 37.3 Å². The smallest absolute Gasteiger partial charge is 0.251 e. The van der Waals surface area contributed by atoms with Crippen molar-refractivity contribution in [2.24, 2.45) is 7.05 Å². The number of hydrogen-bond acceptors (Lipinski definition) is 4. The lowest BCUT2D eigenvalue weighted by Crippen LogP contribution is -2.32. The zero-order chi connectivity index (χ0) is 20.3. The Kier molecular flexibility index (Phi) is 6.44.